The van der Waals surface area contributed by atoms with Crippen molar-refractivity contribution in [3.63, 3.8) is 0 Å². The van der Waals surface area contributed by atoms with E-state index in [4.69, 9.17) is 21.8 Å². The number of amides is 2. The summed E-state index contributed by atoms with van der Waals surface area (Å²) < 4.78 is 0. The molecular weight excluding hydrogens is 212 g/mol. The van der Waals surface area contributed by atoms with Gasteiger partial charge in [0.15, 0.2) is 6.04 Å². The molecule has 0 bridgehead atoms. The number of aliphatic hydroxyl groups is 1. The molecular formula is C7H11ClN2O4. The van der Waals surface area contributed by atoms with Gasteiger partial charge in [0.05, 0.1) is 13.2 Å². The van der Waals surface area contributed by atoms with Crippen molar-refractivity contribution in [1.82, 2.24) is 10.6 Å². The van der Waals surface area contributed by atoms with Crippen LogP contribution in [0, 0.1) is 0 Å². The van der Waals surface area contributed by atoms with Gasteiger partial charge >= 0.3 is 12.0 Å². The molecule has 4 N–H and O–H groups in total. The molecule has 0 saturated heterocycles. The minimum atomic E-state index is -1.32. The quantitative estimate of drug-likeness (QED) is 0.503. The van der Waals surface area contributed by atoms with Gasteiger partial charge in [-0.3, -0.25) is 0 Å². The first-order valence-electron chi connectivity index (χ1n) is 3.68. The molecule has 0 aliphatic carbocycles. The Balaban J connectivity index is 3.91. The van der Waals surface area contributed by atoms with Gasteiger partial charge in [-0.05, 0) is 0 Å². The minimum Gasteiger partial charge on any atom is -0.480 e. The lowest BCUT2D eigenvalue weighted by Gasteiger charge is -2.11. The van der Waals surface area contributed by atoms with E-state index < -0.39 is 24.6 Å². The van der Waals surface area contributed by atoms with E-state index in [-0.39, 0.29) is 11.6 Å². The topological polar surface area (TPSA) is 98.7 Å². The molecule has 7 heteroatoms. The number of carbonyl (C=O) groups excluding carboxylic acids is 1. The molecule has 0 spiro atoms. The molecule has 14 heavy (non-hydrogen) atoms. The van der Waals surface area contributed by atoms with E-state index in [2.05, 4.69) is 11.9 Å². The highest BCUT2D eigenvalue weighted by Crippen LogP contribution is 1.92. The third-order valence-electron chi connectivity index (χ3n) is 1.23. The number of hydrogen-bond acceptors (Lipinski definition) is 3. The van der Waals surface area contributed by atoms with Gasteiger partial charge in [-0.15, -0.1) is 0 Å². The van der Waals surface area contributed by atoms with Crippen molar-refractivity contribution in [3.8, 4) is 0 Å². The Hall–Kier alpha value is -1.27. The van der Waals surface area contributed by atoms with Crippen LogP contribution in [-0.2, 0) is 4.79 Å². The largest absolute Gasteiger partial charge is 0.480 e. The third kappa shape index (κ3) is 5.39. The fourth-order valence-electron chi connectivity index (χ4n) is 0.571. The van der Waals surface area contributed by atoms with Crippen LogP contribution < -0.4 is 10.6 Å². The second-order valence-electron chi connectivity index (χ2n) is 2.42. The Morgan fingerprint density at radius 1 is 1.50 bits per heavy atom. The monoisotopic (exact) mass is 222 g/mol. The van der Waals surface area contributed by atoms with E-state index in [0.717, 1.165) is 0 Å². The van der Waals surface area contributed by atoms with Gasteiger partial charge in [-0.1, -0.05) is 18.2 Å². The number of carboxylic acids is 1. The van der Waals surface area contributed by atoms with Crippen LogP contribution in [0.25, 0.3) is 0 Å². The number of carbonyl (C=O) groups is 2. The predicted octanol–water partition coefficient (Wildman–Crippen LogP) is -0.516. The van der Waals surface area contributed by atoms with Crippen molar-refractivity contribution >= 4 is 23.6 Å². The zero-order valence-electron chi connectivity index (χ0n) is 7.29. The first-order chi connectivity index (χ1) is 6.47. The number of hydrogen-bond donors (Lipinski definition) is 4. The molecule has 0 rings (SSSR count). The molecule has 1 unspecified atom stereocenters. The van der Waals surface area contributed by atoms with E-state index >= 15 is 0 Å². The second kappa shape index (κ2) is 6.22. The molecule has 0 radical (unpaired) electrons. The fourth-order valence-corrected chi connectivity index (χ4v) is 0.638. The number of rotatable bonds is 5. The van der Waals surface area contributed by atoms with Crippen LogP contribution in [0.15, 0.2) is 11.6 Å². The Morgan fingerprint density at radius 2 is 2.07 bits per heavy atom. The fraction of sp³-hybridized carbons (Fsp3) is 0.429. The average Bonchev–Trinajstić information content (AvgIpc) is 2.10. The molecule has 80 valence electrons. The first kappa shape index (κ1) is 12.7. The summed E-state index contributed by atoms with van der Waals surface area (Å²) >= 11 is 5.35. The summed E-state index contributed by atoms with van der Waals surface area (Å²) in [5, 5.41) is 21.5. The summed E-state index contributed by atoms with van der Waals surface area (Å²) in [7, 11) is 0. The lowest BCUT2D eigenvalue weighted by molar-refractivity contribution is -0.140. The molecule has 2 amide bonds. The number of nitrogens with one attached hydrogen (secondary N) is 2. The first-order valence-corrected chi connectivity index (χ1v) is 4.06. The molecule has 0 aromatic carbocycles. The van der Waals surface area contributed by atoms with Gasteiger partial charge < -0.3 is 20.8 Å². The minimum absolute atomic E-state index is 0.0329. The van der Waals surface area contributed by atoms with E-state index in [0.29, 0.717) is 0 Å². The van der Waals surface area contributed by atoms with Crippen molar-refractivity contribution in [2.45, 2.75) is 6.04 Å². The van der Waals surface area contributed by atoms with E-state index in [9.17, 15) is 9.59 Å². The molecule has 0 aromatic rings. The van der Waals surface area contributed by atoms with Gasteiger partial charge in [0, 0.05) is 5.03 Å². The molecule has 6 nitrogen and oxygen atoms in total. The van der Waals surface area contributed by atoms with Crippen molar-refractivity contribution in [3.05, 3.63) is 11.6 Å². The van der Waals surface area contributed by atoms with Crippen molar-refractivity contribution in [2.75, 3.05) is 13.2 Å². The Morgan fingerprint density at radius 3 is 2.43 bits per heavy atom. The van der Waals surface area contributed by atoms with Crippen LogP contribution in [0.1, 0.15) is 0 Å². The summed E-state index contributed by atoms with van der Waals surface area (Å²) in [6, 6.07) is -2.05. The lowest BCUT2D eigenvalue weighted by Crippen LogP contribution is -2.48. The maximum Gasteiger partial charge on any atom is 0.328 e. The summed E-state index contributed by atoms with van der Waals surface area (Å²) in [6.45, 7) is 2.68. The van der Waals surface area contributed by atoms with Crippen LogP contribution in [0.4, 0.5) is 4.79 Å². The molecule has 0 aromatic heterocycles. The van der Waals surface area contributed by atoms with Gasteiger partial charge in [0.25, 0.3) is 0 Å². The van der Waals surface area contributed by atoms with Crippen LogP contribution in [-0.4, -0.2) is 41.4 Å². The summed E-state index contributed by atoms with van der Waals surface area (Å²) in [5.74, 6) is -1.31. The highest BCUT2D eigenvalue weighted by molar-refractivity contribution is 6.29. The molecule has 1 atom stereocenters. The number of aliphatic carboxylic acids is 1. The molecule has 0 heterocycles. The van der Waals surface area contributed by atoms with Gasteiger partial charge in [-0.25, -0.2) is 9.59 Å². The number of urea groups is 1. The van der Waals surface area contributed by atoms with E-state index in [1.165, 1.54) is 0 Å². The number of carboxylic acid groups (broad SMARTS) is 1. The van der Waals surface area contributed by atoms with Crippen molar-refractivity contribution < 1.29 is 19.8 Å². The van der Waals surface area contributed by atoms with Crippen molar-refractivity contribution in [2.24, 2.45) is 0 Å². The lowest BCUT2D eigenvalue weighted by atomic mass is 10.3. The Bertz CT molecular complexity index is 244. The smallest absolute Gasteiger partial charge is 0.328 e. The zero-order valence-corrected chi connectivity index (χ0v) is 8.04. The van der Waals surface area contributed by atoms with Crippen LogP contribution in [0.3, 0.4) is 0 Å². The van der Waals surface area contributed by atoms with Gasteiger partial charge in [0.2, 0.25) is 0 Å². The second-order valence-corrected chi connectivity index (χ2v) is 2.95. The number of aliphatic hydroxyl groups excluding tert-OH is 1. The van der Waals surface area contributed by atoms with Crippen LogP contribution in [0.5, 0.6) is 0 Å². The van der Waals surface area contributed by atoms with Gasteiger partial charge in [0.1, 0.15) is 0 Å². The predicted molar refractivity (Wildman–Crippen MR) is 50.0 cm³/mol. The molecule has 0 saturated carbocycles. The maximum atomic E-state index is 10.9. The summed E-state index contributed by atoms with van der Waals surface area (Å²) in [4.78, 5) is 21.3. The Labute approximate surface area is 85.6 Å². The maximum absolute atomic E-state index is 10.9. The molecule has 0 aliphatic heterocycles. The van der Waals surface area contributed by atoms with Crippen molar-refractivity contribution in [1.29, 1.82) is 0 Å². The zero-order chi connectivity index (χ0) is 11.1. The Kier molecular flexibility index (Phi) is 5.66. The standard InChI is InChI=1S/C7H11ClN2O4/c1-4(8)2-9-7(14)10-5(3-11)6(12)13/h5,11H,1-3H2,(H,12,13)(H2,9,10,14). The highest BCUT2D eigenvalue weighted by Gasteiger charge is 2.17. The SMILES string of the molecule is C=C(Cl)CNC(=O)NC(CO)C(=O)O. The van der Waals surface area contributed by atoms with E-state index in [1.54, 1.807) is 0 Å². The van der Waals surface area contributed by atoms with Gasteiger partial charge in [-0.2, -0.15) is 0 Å². The molecule has 0 fully saturated rings. The average molecular weight is 223 g/mol. The van der Waals surface area contributed by atoms with Crippen LogP contribution in [0.2, 0.25) is 0 Å². The third-order valence-corrected chi connectivity index (χ3v) is 1.36. The molecule has 0 aliphatic rings. The normalized spacial score (nSPS) is 11.6. The summed E-state index contributed by atoms with van der Waals surface area (Å²) in [6.07, 6.45) is 0. The highest BCUT2D eigenvalue weighted by atomic mass is 35.5. The summed E-state index contributed by atoms with van der Waals surface area (Å²) in [5.41, 5.74) is 0. The van der Waals surface area contributed by atoms with E-state index in [1.807, 2.05) is 5.32 Å². The van der Waals surface area contributed by atoms with Crippen LogP contribution >= 0.6 is 11.6 Å². The number of halogens is 1.